The minimum atomic E-state index is -1.24. The van der Waals surface area contributed by atoms with Crippen molar-refractivity contribution >= 4 is 6.16 Å². The molecule has 0 fully saturated rings. The molecule has 1 unspecified atom stereocenters. The summed E-state index contributed by atoms with van der Waals surface area (Å²) >= 11 is 0. The lowest BCUT2D eigenvalue weighted by Crippen LogP contribution is -2.18. The molecule has 0 aliphatic rings. The fraction of sp³-hybridized carbons (Fsp3) is 0.588. The second-order valence-electron chi connectivity index (χ2n) is 7.37. The summed E-state index contributed by atoms with van der Waals surface area (Å²) in [5.41, 5.74) is 3.32. The summed E-state index contributed by atoms with van der Waals surface area (Å²) in [7, 11) is 0. The highest BCUT2D eigenvalue weighted by atomic mass is 16.7. The lowest BCUT2D eigenvalue weighted by Gasteiger charge is -2.27. The van der Waals surface area contributed by atoms with Gasteiger partial charge in [0.2, 0.25) is 0 Å². The van der Waals surface area contributed by atoms with E-state index in [4.69, 9.17) is 9.84 Å². The fourth-order valence-corrected chi connectivity index (χ4v) is 1.97. The number of carbonyl (C=O) groups is 1. The Labute approximate surface area is 122 Å². The minimum absolute atomic E-state index is 0.0129. The molecule has 1 rings (SSSR count). The average molecular weight is 278 g/mol. The van der Waals surface area contributed by atoms with Crippen LogP contribution in [0.4, 0.5) is 4.79 Å². The molecule has 0 heterocycles. The van der Waals surface area contributed by atoms with Gasteiger partial charge >= 0.3 is 6.16 Å². The summed E-state index contributed by atoms with van der Waals surface area (Å²) in [6.07, 6.45) is -1.70. The summed E-state index contributed by atoms with van der Waals surface area (Å²) < 4.78 is 4.89. The molecule has 3 heteroatoms. The van der Waals surface area contributed by atoms with Gasteiger partial charge in [0, 0.05) is 0 Å². The van der Waals surface area contributed by atoms with Crippen molar-refractivity contribution in [3.05, 3.63) is 34.9 Å². The van der Waals surface area contributed by atoms with Gasteiger partial charge in [0.15, 0.2) is 0 Å². The maximum absolute atomic E-state index is 10.7. The average Bonchev–Trinajstić information content (AvgIpc) is 2.25. The van der Waals surface area contributed by atoms with Gasteiger partial charge in [0.05, 0.1) is 0 Å². The van der Waals surface area contributed by atoms with Crippen LogP contribution in [0.25, 0.3) is 0 Å². The smallest absolute Gasteiger partial charge is 0.450 e. The summed E-state index contributed by atoms with van der Waals surface area (Å²) in [5.74, 6) is 0. The number of benzene rings is 1. The van der Waals surface area contributed by atoms with E-state index in [1.54, 1.807) is 6.92 Å². The van der Waals surface area contributed by atoms with Gasteiger partial charge in [-0.15, -0.1) is 0 Å². The van der Waals surface area contributed by atoms with Crippen molar-refractivity contribution in [3.63, 3.8) is 0 Å². The molecule has 0 spiro atoms. The molecule has 1 N–H and O–H groups in total. The van der Waals surface area contributed by atoms with Gasteiger partial charge < -0.3 is 9.84 Å². The van der Waals surface area contributed by atoms with Crippen molar-refractivity contribution in [2.45, 2.75) is 65.4 Å². The van der Waals surface area contributed by atoms with Crippen LogP contribution in [0, 0.1) is 0 Å². The molecule has 1 aromatic rings. The topological polar surface area (TPSA) is 46.5 Å². The molecule has 20 heavy (non-hydrogen) atoms. The quantitative estimate of drug-likeness (QED) is 0.771. The number of ether oxygens (including phenoxy) is 1. The highest BCUT2D eigenvalue weighted by Crippen LogP contribution is 2.32. The van der Waals surface area contributed by atoms with E-state index in [2.05, 4.69) is 47.6 Å². The third-order valence-electron chi connectivity index (χ3n) is 3.43. The zero-order valence-electron chi connectivity index (χ0n) is 13.6. The number of carboxylic acid groups (broad SMARTS) is 1. The van der Waals surface area contributed by atoms with Gasteiger partial charge in [-0.25, -0.2) is 4.79 Å². The minimum Gasteiger partial charge on any atom is -0.450 e. The highest BCUT2D eigenvalue weighted by molar-refractivity contribution is 5.57. The Morgan fingerprint density at radius 3 is 1.70 bits per heavy atom. The molecule has 0 aromatic heterocycles. The first-order valence-corrected chi connectivity index (χ1v) is 6.97. The Hall–Kier alpha value is -1.51. The third-order valence-corrected chi connectivity index (χ3v) is 3.43. The van der Waals surface area contributed by atoms with Gasteiger partial charge in [0.1, 0.15) is 6.10 Å². The Kier molecular flexibility index (Phi) is 4.52. The van der Waals surface area contributed by atoms with Crippen molar-refractivity contribution in [1.29, 1.82) is 0 Å². The zero-order chi connectivity index (χ0) is 15.7. The molecule has 0 radical (unpaired) electrons. The molecular formula is C17H26O3. The van der Waals surface area contributed by atoms with E-state index < -0.39 is 12.3 Å². The Balaban J connectivity index is 3.34. The first kappa shape index (κ1) is 16.5. The van der Waals surface area contributed by atoms with E-state index in [1.165, 1.54) is 11.1 Å². The highest BCUT2D eigenvalue weighted by Gasteiger charge is 2.22. The Bertz CT molecular complexity index is 458. The second-order valence-corrected chi connectivity index (χ2v) is 7.37. The van der Waals surface area contributed by atoms with Gasteiger partial charge in [-0.05, 0) is 34.4 Å². The summed E-state index contributed by atoms with van der Waals surface area (Å²) in [5, 5.41) is 8.78. The first-order valence-electron chi connectivity index (χ1n) is 6.97. The van der Waals surface area contributed by atoms with E-state index in [1.807, 2.05) is 12.1 Å². The summed E-state index contributed by atoms with van der Waals surface area (Å²) in [4.78, 5) is 10.7. The Morgan fingerprint density at radius 1 is 1.00 bits per heavy atom. The van der Waals surface area contributed by atoms with Gasteiger partial charge in [-0.2, -0.15) is 0 Å². The maximum atomic E-state index is 10.7. The second kappa shape index (κ2) is 5.47. The molecule has 0 aliphatic carbocycles. The van der Waals surface area contributed by atoms with Crippen molar-refractivity contribution in [2.24, 2.45) is 0 Å². The molecule has 0 bridgehead atoms. The van der Waals surface area contributed by atoms with Crippen LogP contribution in [0.3, 0.4) is 0 Å². The van der Waals surface area contributed by atoms with E-state index in [0.717, 1.165) is 5.56 Å². The number of rotatable bonds is 2. The maximum Gasteiger partial charge on any atom is 0.506 e. The van der Waals surface area contributed by atoms with Crippen LogP contribution < -0.4 is 0 Å². The van der Waals surface area contributed by atoms with Crippen molar-refractivity contribution < 1.29 is 14.6 Å². The lowest BCUT2D eigenvalue weighted by atomic mass is 9.79. The van der Waals surface area contributed by atoms with Crippen molar-refractivity contribution in [3.8, 4) is 0 Å². The number of hydrogen-bond acceptors (Lipinski definition) is 2. The largest absolute Gasteiger partial charge is 0.506 e. The van der Waals surface area contributed by atoms with E-state index in [9.17, 15) is 4.79 Å². The molecule has 1 aromatic carbocycles. The third kappa shape index (κ3) is 4.26. The molecule has 3 nitrogen and oxygen atoms in total. The predicted octanol–water partition coefficient (Wildman–Crippen LogP) is 5.04. The van der Waals surface area contributed by atoms with Crippen molar-refractivity contribution in [1.82, 2.24) is 0 Å². The Morgan fingerprint density at radius 2 is 1.40 bits per heavy atom. The molecule has 0 saturated carbocycles. The molecule has 0 saturated heterocycles. The molecule has 112 valence electrons. The normalized spacial score (nSPS) is 13.9. The fourth-order valence-electron chi connectivity index (χ4n) is 1.97. The monoisotopic (exact) mass is 278 g/mol. The van der Waals surface area contributed by atoms with Crippen molar-refractivity contribution in [2.75, 3.05) is 0 Å². The van der Waals surface area contributed by atoms with Crippen LogP contribution in [0.5, 0.6) is 0 Å². The first-order chi connectivity index (χ1) is 8.91. The van der Waals surface area contributed by atoms with E-state index in [-0.39, 0.29) is 10.8 Å². The predicted molar refractivity (Wildman–Crippen MR) is 81.4 cm³/mol. The van der Waals surface area contributed by atoms with Gasteiger partial charge in [0.25, 0.3) is 0 Å². The summed E-state index contributed by atoms with van der Waals surface area (Å²) in [6.45, 7) is 14.7. The zero-order valence-corrected chi connectivity index (χ0v) is 13.6. The van der Waals surface area contributed by atoms with E-state index >= 15 is 0 Å². The molecule has 0 amide bonds. The lowest BCUT2D eigenvalue weighted by molar-refractivity contribution is 0.0586. The van der Waals surface area contributed by atoms with Crippen LogP contribution in [-0.4, -0.2) is 11.3 Å². The van der Waals surface area contributed by atoms with Gasteiger partial charge in [-0.3, -0.25) is 0 Å². The van der Waals surface area contributed by atoms with Crippen LogP contribution in [0.2, 0.25) is 0 Å². The molecule has 1 atom stereocenters. The van der Waals surface area contributed by atoms with Crippen LogP contribution >= 0.6 is 0 Å². The van der Waals surface area contributed by atoms with Gasteiger partial charge in [-0.1, -0.05) is 59.7 Å². The van der Waals surface area contributed by atoms with E-state index in [0.29, 0.717) is 0 Å². The SMILES string of the molecule is CC(OC(=O)O)c1cc(C(C)(C)C)cc(C(C)(C)C)c1. The van der Waals surface area contributed by atoms with Crippen LogP contribution in [0.1, 0.15) is 71.3 Å². The van der Waals surface area contributed by atoms with Crippen LogP contribution in [0.15, 0.2) is 18.2 Å². The molecular weight excluding hydrogens is 252 g/mol. The molecule has 0 aliphatic heterocycles. The number of hydrogen-bond donors (Lipinski definition) is 1. The van der Waals surface area contributed by atoms with Crippen LogP contribution in [-0.2, 0) is 15.6 Å². The standard InChI is InChI=1S/C17H26O3/c1-11(20-15(18)19)12-8-13(16(2,3)4)10-14(9-12)17(5,6)7/h8-11H,1-7H3,(H,18,19). The summed E-state index contributed by atoms with van der Waals surface area (Å²) in [6, 6.07) is 6.29.